The van der Waals surface area contributed by atoms with E-state index in [9.17, 15) is 4.79 Å². The Morgan fingerprint density at radius 3 is 2.82 bits per heavy atom. The number of nitrogens with two attached hydrogens (primary N) is 1. The van der Waals surface area contributed by atoms with Gasteiger partial charge in [-0.2, -0.15) is 0 Å². The Balaban J connectivity index is 3.07. The largest absolute Gasteiger partial charge is 0.399 e. The average molecular weight is 237 g/mol. The van der Waals surface area contributed by atoms with Crippen LogP contribution in [0, 0.1) is 0 Å². The molecule has 0 bridgehead atoms. The molecule has 1 rings (SSSR count). The van der Waals surface area contributed by atoms with Crippen molar-refractivity contribution < 1.29 is 9.90 Å². The minimum atomic E-state index is -0.132. The Morgan fingerprint density at radius 2 is 2.24 bits per heavy atom. The van der Waals surface area contributed by atoms with Crippen molar-refractivity contribution in [1.29, 1.82) is 0 Å². The standard InChI is InChI=1S/C12H19N3O2/c1-3-14-12(17)10-5-4-9(13)8-11(10)15(2)6-7-16/h4-5,8,16H,3,6-7,13H2,1-2H3,(H,14,17). The van der Waals surface area contributed by atoms with Crippen molar-refractivity contribution in [1.82, 2.24) is 5.32 Å². The summed E-state index contributed by atoms with van der Waals surface area (Å²) < 4.78 is 0. The van der Waals surface area contributed by atoms with Crippen molar-refractivity contribution in [2.45, 2.75) is 6.92 Å². The van der Waals surface area contributed by atoms with Gasteiger partial charge in [-0.25, -0.2) is 0 Å². The van der Waals surface area contributed by atoms with Crippen molar-refractivity contribution in [3.8, 4) is 0 Å². The molecule has 0 spiro atoms. The van der Waals surface area contributed by atoms with Gasteiger partial charge in [0.15, 0.2) is 0 Å². The number of rotatable bonds is 5. The van der Waals surface area contributed by atoms with Gasteiger partial charge in [-0.1, -0.05) is 0 Å². The zero-order chi connectivity index (χ0) is 12.8. The molecule has 1 aromatic carbocycles. The predicted molar refractivity (Wildman–Crippen MR) is 69.2 cm³/mol. The van der Waals surface area contributed by atoms with E-state index in [0.717, 1.165) is 5.69 Å². The summed E-state index contributed by atoms with van der Waals surface area (Å²) in [5.74, 6) is -0.132. The number of nitrogen functional groups attached to an aromatic ring is 1. The van der Waals surface area contributed by atoms with Gasteiger partial charge in [0.1, 0.15) is 0 Å². The molecule has 0 aliphatic rings. The Bertz CT molecular complexity index is 393. The molecule has 4 N–H and O–H groups in total. The van der Waals surface area contributed by atoms with Crippen LogP contribution in [-0.4, -0.2) is 37.8 Å². The van der Waals surface area contributed by atoms with Crippen molar-refractivity contribution >= 4 is 17.3 Å². The summed E-state index contributed by atoms with van der Waals surface area (Å²) in [5, 5.41) is 11.7. The molecular formula is C12H19N3O2. The predicted octanol–water partition coefficient (Wildman–Crippen LogP) is 0.447. The van der Waals surface area contributed by atoms with Crippen LogP contribution in [0.4, 0.5) is 11.4 Å². The Kier molecular flexibility index (Phi) is 4.78. The minimum absolute atomic E-state index is 0.0279. The molecule has 5 nitrogen and oxygen atoms in total. The van der Waals surface area contributed by atoms with Crippen molar-refractivity contribution in [3.05, 3.63) is 23.8 Å². The molecule has 0 unspecified atom stereocenters. The molecule has 0 saturated carbocycles. The highest BCUT2D eigenvalue weighted by Crippen LogP contribution is 2.22. The Morgan fingerprint density at radius 1 is 1.53 bits per heavy atom. The van der Waals surface area contributed by atoms with Gasteiger partial charge in [0.25, 0.3) is 5.91 Å². The Hall–Kier alpha value is -1.75. The van der Waals surface area contributed by atoms with Crippen LogP contribution in [0.3, 0.4) is 0 Å². The lowest BCUT2D eigenvalue weighted by atomic mass is 10.1. The molecule has 0 aliphatic heterocycles. The first-order valence-corrected chi connectivity index (χ1v) is 5.59. The summed E-state index contributed by atoms with van der Waals surface area (Å²) in [6.07, 6.45) is 0. The topological polar surface area (TPSA) is 78.6 Å². The average Bonchev–Trinajstić information content (AvgIpc) is 2.29. The lowest BCUT2D eigenvalue weighted by Crippen LogP contribution is -2.28. The van der Waals surface area contributed by atoms with E-state index in [4.69, 9.17) is 10.8 Å². The van der Waals surface area contributed by atoms with E-state index in [0.29, 0.717) is 24.3 Å². The Labute approximate surface area is 101 Å². The summed E-state index contributed by atoms with van der Waals surface area (Å²) in [6, 6.07) is 5.13. The number of hydrogen-bond donors (Lipinski definition) is 3. The van der Waals surface area contributed by atoms with Crippen molar-refractivity contribution in [2.24, 2.45) is 0 Å². The molecule has 1 amide bonds. The number of likely N-dealkylation sites (N-methyl/N-ethyl adjacent to an activating group) is 1. The second-order valence-corrected chi connectivity index (χ2v) is 3.78. The van der Waals surface area contributed by atoms with Gasteiger partial charge in [-0.15, -0.1) is 0 Å². The molecule has 0 saturated heterocycles. The molecule has 1 aromatic rings. The number of aliphatic hydroxyl groups is 1. The molecule has 0 radical (unpaired) electrons. The number of hydrogen-bond acceptors (Lipinski definition) is 4. The molecule has 0 atom stereocenters. The summed E-state index contributed by atoms with van der Waals surface area (Å²) in [5.41, 5.74) is 7.60. The van der Waals surface area contributed by atoms with Gasteiger partial charge in [0, 0.05) is 25.8 Å². The maximum absolute atomic E-state index is 11.8. The SMILES string of the molecule is CCNC(=O)c1ccc(N)cc1N(C)CCO. The van der Waals surface area contributed by atoms with E-state index < -0.39 is 0 Å². The van der Waals surface area contributed by atoms with Crippen LogP contribution in [-0.2, 0) is 0 Å². The maximum Gasteiger partial charge on any atom is 0.253 e. The smallest absolute Gasteiger partial charge is 0.253 e. The third kappa shape index (κ3) is 3.35. The highest BCUT2D eigenvalue weighted by atomic mass is 16.3. The van der Waals surface area contributed by atoms with Gasteiger partial charge < -0.3 is 21.1 Å². The van der Waals surface area contributed by atoms with E-state index >= 15 is 0 Å². The van der Waals surface area contributed by atoms with Gasteiger partial charge in [0.2, 0.25) is 0 Å². The van der Waals surface area contributed by atoms with E-state index in [1.807, 2.05) is 14.0 Å². The fourth-order valence-corrected chi connectivity index (χ4v) is 1.58. The van der Waals surface area contributed by atoms with Gasteiger partial charge in [-0.05, 0) is 25.1 Å². The van der Waals surface area contributed by atoms with Crippen molar-refractivity contribution in [2.75, 3.05) is 37.4 Å². The molecule has 94 valence electrons. The zero-order valence-corrected chi connectivity index (χ0v) is 10.2. The second-order valence-electron chi connectivity index (χ2n) is 3.78. The van der Waals surface area contributed by atoms with Gasteiger partial charge in [-0.3, -0.25) is 4.79 Å². The lowest BCUT2D eigenvalue weighted by molar-refractivity contribution is 0.0956. The molecule has 0 aromatic heterocycles. The molecule has 5 heteroatoms. The summed E-state index contributed by atoms with van der Waals surface area (Å²) in [7, 11) is 1.81. The lowest BCUT2D eigenvalue weighted by Gasteiger charge is -2.21. The van der Waals surface area contributed by atoms with Crippen LogP contribution in [0.15, 0.2) is 18.2 Å². The third-order valence-electron chi connectivity index (χ3n) is 2.45. The number of nitrogens with zero attached hydrogens (tertiary/aromatic N) is 1. The molecule has 0 fully saturated rings. The number of anilines is 2. The molecule has 0 aliphatic carbocycles. The zero-order valence-electron chi connectivity index (χ0n) is 10.2. The van der Waals surface area contributed by atoms with Crippen LogP contribution >= 0.6 is 0 Å². The number of carbonyl (C=O) groups is 1. The highest BCUT2D eigenvalue weighted by molar-refractivity contribution is 6.00. The maximum atomic E-state index is 11.8. The second kappa shape index (κ2) is 6.10. The van der Waals surface area contributed by atoms with E-state index in [1.54, 1.807) is 23.1 Å². The number of aliphatic hydroxyl groups excluding tert-OH is 1. The van der Waals surface area contributed by atoms with Crippen LogP contribution in [0.25, 0.3) is 0 Å². The first-order valence-electron chi connectivity index (χ1n) is 5.59. The van der Waals surface area contributed by atoms with E-state index in [2.05, 4.69) is 5.32 Å². The van der Waals surface area contributed by atoms with E-state index in [-0.39, 0.29) is 12.5 Å². The van der Waals surface area contributed by atoms with E-state index in [1.165, 1.54) is 0 Å². The van der Waals surface area contributed by atoms with Gasteiger partial charge >= 0.3 is 0 Å². The van der Waals surface area contributed by atoms with Crippen LogP contribution in [0.1, 0.15) is 17.3 Å². The van der Waals surface area contributed by atoms with Crippen LogP contribution in [0.2, 0.25) is 0 Å². The number of nitrogens with one attached hydrogen (secondary N) is 1. The number of carbonyl (C=O) groups excluding carboxylic acids is 1. The van der Waals surface area contributed by atoms with Crippen molar-refractivity contribution in [3.63, 3.8) is 0 Å². The number of amides is 1. The quantitative estimate of drug-likeness (QED) is 0.650. The minimum Gasteiger partial charge on any atom is -0.399 e. The highest BCUT2D eigenvalue weighted by Gasteiger charge is 2.13. The molecule has 0 heterocycles. The first kappa shape index (κ1) is 13.3. The van der Waals surface area contributed by atoms with Gasteiger partial charge in [0.05, 0.1) is 17.9 Å². The number of benzene rings is 1. The first-order chi connectivity index (χ1) is 8.10. The van der Waals surface area contributed by atoms with Crippen LogP contribution in [0.5, 0.6) is 0 Å². The normalized spacial score (nSPS) is 10.1. The fourth-order valence-electron chi connectivity index (χ4n) is 1.58. The molecule has 17 heavy (non-hydrogen) atoms. The summed E-state index contributed by atoms with van der Waals surface area (Å²) in [6.45, 7) is 2.93. The van der Waals surface area contributed by atoms with Crippen LogP contribution < -0.4 is 16.0 Å². The fraction of sp³-hybridized carbons (Fsp3) is 0.417. The molecular weight excluding hydrogens is 218 g/mol. The monoisotopic (exact) mass is 237 g/mol. The summed E-state index contributed by atoms with van der Waals surface area (Å²) in [4.78, 5) is 13.7. The summed E-state index contributed by atoms with van der Waals surface area (Å²) >= 11 is 0. The third-order valence-corrected chi connectivity index (χ3v) is 2.45.